The topological polar surface area (TPSA) is 27.1 Å². The van der Waals surface area contributed by atoms with Gasteiger partial charge >= 0.3 is 6.55 Å². The molecule has 0 unspecified atom stereocenters. The van der Waals surface area contributed by atoms with E-state index >= 15 is 0 Å². The Morgan fingerprint density at radius 3 is 2.67 bits per heavy atom. The minimum Gasteiger partial charge on any atom is -0.481 e. The maximum atomic E-state index is 12.2. The third kappa shape index (κ3) is 1.54. The molecule has 0 saturated heterocycles. The van der Waals surface area contributed by atoms with Gasteiger partial charge in [0.1, 0.15) is 0 Å². The molecule has 3 nitrogen and oxygen atoms in total. The van der Waals surface area contributed by atoms with Gasteiger partial charge in [-0.15, -0.1) is 0 Å². The van der Waals surface area contributed by atoms with Gasteiger partial charge in [-0.05, 0) is 6.42 Å². The third-order valence-electron chi connectivity index (χ3n) is 1.51. The lowest BCUT2D eigenvalue weighted by Crippen LogP contribution is -2.03. The minimum absolute atomic E-state index is 0.0989. The van der Waals surface area contributed by atoms with Gasteiger partial charge in [0.15, 0.2) is 0 Å². The van der Waals surface area contributed by atoms with Crippen molar-refractivity contribution in [1.29, 1.82) is 0 Å². The van der Waals surface area contributed by atoms with E-state index in [0.29, 0.717) is 16.8 Å². The van der Waals surface area contributed by atoms with Crippen LogP contribution < -0.4 is 4.74 Å². The van der Waals surface area contributed by atoms with Crippen molar-refractivity contribution in [2.45, 2.75) is 19.9 Å². The largest absolute Gasteiger partial charge is 0.481 e. The van der Waals surface area contributed by atoms with Gasteiger partial charge in [0.05, 0.1) is 12.8 Å². The zero-order valence-corrected chi connectivity index (χ0v) is 6.92. The molecule has 1 rings (SSSR count). The predicted octanol–water partition coefficient (Wildman–Crippen LogP) is 1.85. The number of alkyl halides is 2. The summed E-state index contributed by atoms with van der Waals surface area (Å²) < 4.78 is 29.6. The van der Waals surface area contributed by atoms with E-state index in [1.807, 2.05) is 6.92 Å². The van der Waals surface area contributed by atoms with Crippen molar-refractivity contribution in [3.8, 4) is 5.88 Å². The number of ether oxygens (including phenoxy) is 1. The van der Waals surface area contributed by atoms with E-state index in [0.717, 1.165) is 0 Å². The Hall–Kier alpha value is -1.13. The second-order valence-corrected chi connectivity index (χ2v) is 2.25. The first-order valence-electron chi connectivity index (χ1n) is 3.59. The Balaban J connectivity index is 3.00. The first-order chi connectivity index (χ1) is 5.69. The van der Waals surface area contributed by atoms with E-state index in [9.17, 15) is 8.78 Å². The SMILES string of the molecule is CCc1cc(OC)n(C(F)F)n1. The van der Waals surface area contributed by atoms with Gasteiger partial charge in [-0.2, -0.15) is 18.6 Å². The van der Waals surface area contributed by atoms with Gasteiger partial charge in [-0.25, -0.2) is 0 Å². The molecular formula is C7H10F2N2O. The summed E-state index contributed by atoms with van der Waals surface area (Å²) in [5.74, 6) is 0.0989. The maximum absolute atomic E-state index is 12.2. The fourth-order valence-corrected chi connectivity index (χ4v) is 0.890. The lowest BCUT2D eigenvalue weighted by atomic mass is 10.3. The Morgan fingerprint density at radius 2 is 2.33 bits per heavy atom. The highest BCUT2D eigenvalue weighted by Gasteiger charge is 2.14. The van der Waals surface area contributed by atoms with Crippen LogP contribution in [0.3, 0.4) is 0 Å². The van der Waals surface area contributed by atoms with Crippen LogP contribution in [0.1, 0.15) is 19.2 Å². The average Bonchev–Trinajstić information content (AvgIpc) is 2.47. The predicted molar refractivity (Wildman–Crippen MR) is 39.4 cm³/mol. The van der Waals surface area contributed by atoms with E-state index in [1.54, 1.807) is 0 Å². The molecule has 0 spiro atoms. The van der Waals surface area contributed by atoms with E-state index in [-0.39, 0.29) is 5.88 Å². The molecule has 0 aliphatic heterocycles. The molecule has 1 heterocycles. The molecule has 68 valence electrons. The van der Waals surface area contributed by atoms with Crippen molar-refractivity contribution >= 4 is 0 Å². The van der Waals surface area contributed by atoms with Crippen molar-refractivity contribution in [3.05, 3.63) is 11.8 Å². The number of nitrogens with zero attached hydrogens (tertiary/aromatic N) is 2. The molecule has 1 aromatic heterocycles. The van der Waals surface area contributed by atoms with Crippen LogP contribution in [0.2, 0.25) is 0 Å². The van der Waals surface area contributed by atoms with Crippen LogP contribution in [-0.2, 0) is 6.42 Å². The number of methoxy groups -OCH3 is 1. The molecule has 0 bridgehead atoms. The highest BCUT2D eigenvalue weighted by atomic mass is 19.3. The fourth-order valence-electron chi connectivity index (χ4n) is 0.890. The van der Waals surface area contributed by atoms with Crippen molar-refractivity contribution in [1.82, 2.24) is 9.78 Å². The number of hydrogen-bond acceptors (Lipinski definition) is 2. The highest BCUT2D eigenvalue weighted by Crippen LogP contribution is 2.20. The molecular weight excluding hydrogens is 166 g/mol. The summed E-state index contributed by atoms with van der Waals surface area (Å²) in [5, 5.41) is 3.64. The standard InChI is InChI=1S/C7H10F2N2O/c1-3-5-4-6(12-2)11(10-5)7(8)9/h4,7H,3H2,1-2H3. The van der Waals surface area contributed by atoms with E-state index < -0.39 is 6.55 Å². The molecule has 0 atom stereocenters. The van der Waals surface area contributed by atoms with Crippen LogP contribution in [0.25, 0.3) is 0 Å². The number of aryl methyl sites for hydroxylation is 1. The van der Waals surface area contributed by atoms with Gasteiger partial charge in [0.25, 0.3) is 0 Å². The number of halogens is 2. The third-order valence-corrected chi connectivity index (χ3v) is 1.51. The summed E-state index contributed by atoms with van der Waals surface area (Å²) in [6.45, 7) is -0.794. The second-order valence-electron chi connectivity index (χ2n) is 2.25. The highest BCUT2D eigenvalue weighted by molar-refractivity contribution is 5.16. The van der Waals surface area contributed by atoms with Crippen LogP contribution in [0, 0.1) is 0 Å². The summed E-state index contributed by atoms with van der Waals surface area (Å²) in [6, 6.07) is 1.51. The normalized spacial score (nSPS) is 10.8. The molecule has 0 aromatic carbocycles. The summed E-state index contributed by atoms with van der Waals surface area (Å²) in [6.07, 6.45) is 0.621. The van der Waals surface area contributed by atoms with E-state index in [4.69, 9.17) is 4.74 Å². The molecule has 1 aromatic rings. The van der Waals surface area contributed by atoms with Crippen molar-refractivity contribution in [2.75, 3.05) is 7.11 Å². The van der Waals surface area contributed by atoms with Crippen LogP contribution in [0.5, 0.6) is 5.88 Å². The summed E-state index contributed by atoms with van der Waals surface area (Å²) in [7, 11) is 1.34. The number of rotatable bonds is 3. The Labute approximate surface area is 68.9 Å². The van der Waals surface area contributed by atoms with Crippen LogP contribution in [0.15, 0.2) is 6.07 Å². The van der Waals surface area contributed by atoms with Gasteiger partial charge in [-0.1, -0.05) is 6.92 Å². The Bertz CT molecular complexity index is 260. The van der Waals surface area contributed by atoms with Gasteiger partial charge < -0.3 is 4.74 Å². The second kappa shape index (κ2) is 3.51. The molecule has 0 amide bonds. The lowest BCUT2D eigenvalue weighted by Gasteiger charge is -2.02. The molecule has 0 N–H and O–H groups in total. The fraction of sp³-hybridized carbons (Fsp3) is 0.571. The Kier molecular flexibility index (Phi) is 2.62. The van der Waals surface area contributed by atoms with Gasteiger partial charge in [-0.3, -0.25) is 0 Å². The molecule has 0 radical (unpaired) electrons. The Morgan fingerprint density at radius 1 is 1.67 bits per heavy atom. The minimum atomic E-state index is -2.64. The monoisotopic (exact) mass is 176 g/mol. The van der Waals surface area contributed by atoms with Crippen molar-refractivity contribution in [3.63, 3.8) is 0 Å². The van der Waals surface area contributed by atoms with Gasteiger partial charge in [0, 0.05) is 6.07 Å². The first-order valence-corrected chi connectivity index (χ1v) is 3.59. The summed E-state index contributed by atoms with van der Waals surface area (Å²) >= 11 is 0. The smallest absolute Gasteiger partial charge is 0.336 e. The van der Waals surface area contributed by atoms with E-state index in [2.05, 4.69) is 5.10 Å². The number of aromatic nitrogens is 2. The lowest BCUT2D eigenvalue weighted by molar-refractivity contribution is 0.0475. The maximum Gasteiger partial charge on any atom is 0.336 e. The number of hydrogen-bond donors (Lipinski definition) is 0. The van der Waals surface area contributed by atoms with Crippen molar-refractivity contribution < 1.29 is 13.5 Å². The van der Waals surface area contributed by atoms with Crippen LogP contribution in [-0.4, -0.2) is 16.9 Å². The van der Waals surface area contributed by atoms with Crippen LogP contribution >= 0.6 is 0 Å². The quantitative estimate of drug-likeness (QED) is 0.702. The first kappa shape index (κ1) is 8.96. The molecule has 12 heavy (non-hydrogen) atoms. The molecule has 5 heteroatoms. The van der Waals surface area contributed by atoms with Crippen LogP contribution in [0.4, 0.5) is 8.78 Å². The summed E-state index contributed by atoms with van der Waals surface area (Å²) in [4.78, 5) is 0. The molecule has 0 aliphatic rings. The zero-order valence-electron chi connectivity index (χ0n) is 6.92. The summed E-state index contributed by atoms with van der Waals surface area (Å²) in [5.41, 5.74) is 0.604. The zero-order chi connectivity index (χ0) is 9.14. The average molecular weight is 176 g/mol. The molecule has 0 saturated carbocycles. The van der Waals surface area contributed by atoms with Gasteiger partial charge in [0.2, 0.25) is 5.88 Å². The van der Waals surface area contributed by atoms with Crippen molar-refractivity contribution in [2.24, 2.45) is 0 Å². The molecule has 0 aliphatic carbocycles. The van der Waals surface area contributed by atoms with E-state index in [1.165, 1.54) is 13.2 Å². The molecule has 0 fully saturated rings.